The summed E-state index contributed by atoms with van der Waals surface area (Å²) in [6.45, 7) is 1.15. The molecule has 1 aliphatic heterocycles. The van der Waals surface area contributed by atoms with Crippen LogP contribution in [-0.2, 0) is 15.8 Å². The summed E-state index contributed by atoms with van der Waals surface area (Å²) in [7, 11) is -3.58. The number of nitrogens with two attached hydrogens (primary N) is 1. The van der Waals surface area contributed by atoms with Gasteiger partial charge in [-0.05, 0) is 23.6 Å². The summed E-state index contributed by atoms with van der Waals surface area (Å²) in [5, 5.41) is 10.9. The molecule has 2 N–H and O–H groups in total. The van der Waals surface area contributed by atoms with Crippen molar-refractivity contribution in [3.63, 3.8) is 0 Å². The fourth-order valence-corrected chi connectivity index (χ4v) is 5.03. The smallest absolute Gasteiger partial charge is 0.269 e. The highest BCUT2D eigenvalue weighted by Gasteiger charge is 2.38. The molecule has 3 rings (SSSR count). The number of nitrogens with zero attached hydrogens (tertiary/aromatic N) is 2. The summed E-state index contributed by atoms with van der Waals surface area (Å²) in [6.07, 6.45) is 0. The van der Waals surface area contributed by atoms with Crippen molar-refractivity contribution in [3.8, 4) is 0 Å². The van der Waals surface area contributed by atoms with Crippen molar-refractivity contribution >= 4 is 15.7 Å². The molecule has 7 nitrogen and oxygen atoms in total. The van der Waals surface area contributed by atoms with E-state index in [9.17, 15) is 18.5 Å². The summed E-state index contributed by atoms with van der Waals surface area (Å²) < 4.78 is 27.1. The van der Waals surface area contributed by atoms with Crippen LogP contribution in [0.4, 0.5) is 5.69 Å². The van der Waals surface area contributed by atoms with Crippen LogP contribution < -0.4 is 5.73 Å². The third-order valence-electron chi connectivity index (χ3n) is 4.80. The monoisotopic (exact) mass is 375 g/mol. The van der Waals surface area contributed by atoms with E-state index in [0.29, 0.717) is 25.2 Å². The number of nitro groups is 1. The van der Waals surface area contributed by atoms with Gasteiger partial charge in [0.2, 0.25) is 10.0 Å². The summed E-state index contributed by atoms with van der Waals surface area (Å²) in [5.74, 6) is -0.147. The van der Waals surface area contributed by atoms with Crippen LogP contribution in [0.5, 0.6) is 0 Å². The van der Waals surface area contributed by atoms with Crippen molar-refractivity contribution in [3.05, 3.63) is 75.8 Å². The zero-order chi connectivity index (χ0) is 18.7. The Bertz CT molecular complexity index is 886. The van der Waals surface area contributed by atoms with E-state index in [1.54, 1.807) is 6.07 Å². The second kappa shape index (κ2) is 7.53. The zero-order valence-electron chi connectivity index (χ0n) is 14.2. The van der Waals surface area contributed by atoms with Crippen LogP contribution in [-0.4, -0.2) is 37.3 Å². The Hall–Kier alpha value is -2.29. The number of benzene rings is 2. The van der Waals surface area contributed by atoms with Crippen LogP contribution in [0.15, 0.2) is 54.6 Å². The van der Waals surface area contributed by atoms with Gasteiger partial charge in [-0.25, -0.2) is 12.7 Å². The molecule has 1 fully saturated rings. The molecule has 2 aromatic rings. The predicted molar refractivity (Wildman–Crippen MR) is 99.0 cm³/mol. The second-order valence-electron chi connectivity index (χ2n) is 6.51. The molecule has 0 aliphatic carbocycles. The molecule has 26 heavy (non-hydrogen) atoms. The minimum absolute atomic E-state index is 0.0530. The van der Waals surface area contributed by atoms with Crippen molar-refractivity contribution < 1.29 is 13.3 Å². The van der Waals surface area contributed by atoms with E-state index in [1.165, 1.54) is 22.5 Å². The molecule has 0 saturated carbocycles. The lowest BCUT2D eigenvalue weighted by atomic mass is 9.89. The third-order valence-corrected chi connectivity index (χ3v) is 6.58. The average Bonchev–Trinajstić information content (AvgIpc) is 3.08. The highest BCUT2D eigenvalue weighted by Crippen LogP contribution is 2.34. The number of sulfonamides is 1. The van der Waals surface area contributed by atoms with Crippen LogP contribution in [0, 0.1) is 16.0 Å². The van der Waals surface area contributed by atoms with Crippen molar-refractivity contribution in [2.75, 3.05) is 19.6 Å². The maximum atomic E-state index is 12.8. The number of nitro benzene ring substituents is 1. The summed E-state index contributed by atoms with van der Waals surface area (Å²) >= 11 is 0. The Morgan fingerprint density at radius 1 is 1.12 bits per heavy atom. The molecular formula is C18H21N3O4S. The molecule has 2 atom stereocenters. The van der Waals surface area contributed by atoms with Gasteiger partial charge in [0.05, 0.1) is 10.7 Å². The van der Waals surface area contributed by atoms with Gasteiger partial charge in [-0.1, -0.05) is 42.5 Å². The number of rotatable bonds is 6. The van der Waals surface area contributed by atoms with E-state index in [4.69, 9.17) is 5.73 Å². The van der Waals surface area contributed by atoms with E-state index in [0.717, 1.165) is 5.56 Å². The normalized spacial score (nSPS) is 21.0. The largest absolute Gasteiger partial charge is 0.330 e. The van der Waals surface area contributed by atoms with Gasteiger partial charge in [0.1, 0.15) is 0 Å². The Morgan fingerprint density at radius 2 is 1.85 bits per heavy atom. The van der Waals surface area contributed by atoms with Crippen LogP contribution in [0.1, 0.15) is 17.0 Å². The van der Waals surface area contributed by atoms with Crippen LogP contribution in [0.2, 0.25) is 0 Å². The third kappa shape index (κ3) is 3.92. The van der Waals surface area contributed by atoms with Crippen LogP contribution in [0.25, 0.3) is 0 Å². The Kier molecular flexibility index (Phi) is 5.36. The minimum Gasteiger partial charge on any atom is -0.330 e. The molecule has 0 unspecified atom stereocenters. The van der Waals surface area contributed by atoms with Gasteiger partial charge >= 0.3 is 0 Å². The predicted octanol–water partition coefficient (Wildman–Crippen LogP) is 2.10. The maximum Gasteiger partial charge on any atom is 0.269 e. The number of hydrogen-bond acceptors (Lipinski definition) is 5. The van der Waals surface area contributed by atoms with Crippen molar-refractivity contribution in [1.29, 1.82) is 0 Å². The minimum atomic E-state index is -3.58. The summed E-state index contributed by atoms with van der Waals surface area (Å²) in [6, 6.07) is 15.5. The number of non-ortho nitro benzene ring substituents is 1. The van der Waals surface area contributed by atoms with Crippen molar-refractivity contribution in [2.24, 2.45) is 11.7 Å². The highest BCUT2D eigenvalue weighted by molar-refractivity contribution is 7.88. The highest BCUT2D eigenvalue weighted by atomic mass is 32.2. The lowest BCUT2D eigenvalue weighted by Crippen LogP contribution is -2.31. The van der Waals surface area contributed by atoms with E-state index in [-0.39, 0.29) is 23.3 Å². The molecular weight excluding hydrogens is 354 g/mol. The van der Waals surface area contributed by atoms with Gasteiger partial charge in [-0.2, -0.15) is 0 Å². The van der Waals surface area contributed by atoms with Gasteiger partial charge in [-0.3, -0.25) is 10.1 Å². The van der Waals surface area contributed by atoms with E-state index >= 15 is 0 Å². The fourth-order valence-electron chi connectivity index (χ4n) is 3.44. The first-order valence-corrected chi connectivity index (χ1v) is 9.98. The SMILES string of the molecule is NC[C@@H]1CN(S(=O)(=O)Cc2cccc([N+](=O)[O-])c2)C[C@H]1c1ccccc1. The Labute approximate surface area is 152 Å². The fraction of sp³-hybridized carbons (Fsp3) is 0.333. The van der Waals surface area contributed by atoms with Crippen LogP contribution in [0.3, 0.4) is 0 Å². The first-order valence-electron chi connectivity index (χ1n) is 8.37. The maximum absolute atomic E-state index is 12.8. The molecule has 0 radical (unpaired) electrons. The molecule has 0 aromatic heterocycles. The summed E-state index contributed by atoms with van der Waals surface area (Å²) in [4.78, 5) is 10.4. The molecule has 138 valence electrons. The standard InChI is InChI=1S/C18H21N3O4S/c19-10-16-11-20(12-18(16)15-6-2-1-3-7-15)26(24,25)13-14-5-4-8-17(9-14)21(22)23/h1-9,16,18H,10-13,19H2/t16-,18+/m1/s1. The lowest BCUT2D eigenvalue weighted by Gasteiger charge is -2.17. The van der Waals surface area contributed by atoms with E-state index < -0.39 is 14.9 Å². The molecule has 8 heteroatoms. The number of hydrogen-bond donors (Lipinski definition) is 1. The molecule has 1 aliphatic rings. The second-order valence-corrected chi connectivity index (χ2v) is 8.48. The molecule has 0 bridgehead atoms. The average molecular weight is 375 g/mol. The van der Waals surface area contributed by atoms with Crippen molar-refractivity contribution in [1.82, 2.24) is 4.31 Å². The van der Waals surface area contributed by atoms with Gasteiger partial charge in [-0.15, -0.1) is 0 Å². The topological polar surface area (TPSA) is 107 Å². The van der Waals surface area contributed by atoms with Gasteiger partial charge in [0, 0.05) is 31.1 Å². The van der Waals surface area contributed by atoms with Crippen LogP contribution >= 0.6 is 0 Å². The van der Waals surface area contributed by atoms with Gasteiger partial charge < -0.3 is 5.73 Å². The molecule has 0 spiro atoms. The first kappa shape index (κ1) is 18.5. The van der Waals surface area contributed by atoms with Gasteiger partial charge in [0.25, 0.3) is 5.69 Å². The quantitative estimate of drug-likeness (QED) is 0.615. The molecule has 2 aromatic carbocycles. The molecule has 1 saturated heterocycles. The molecule has 0 amide bonds. The summed E-state index contributed by atoms with van der Waals surface area (Å²) in [5.41, 5.74) is 7.25. The van der Waals surface area contributed by atoms with E-state index in [1.807, 2.05) is 30.3 Å². The van der Waals surface area contributed by atoms with Crippen molar-refractivity contribution in [2.45, 2.75) is 11.7 Å². The molecule has 1 heterocycles. The Balaban J connectivity index is 1.79. The lowest BCUT2D eigenvalue weighted by molar-refractivity contribution is -0.384. The first-order chi connectivity index (χ1) is 12.4. The zero-order valence-corrected chi connectivity index (χ0v) is 15.0. The Morgan fingerprint density at radius 3 is 2.50 bits per heavy atom. The van der Waals surface area contributed by atoms with E-state index in [2.05, 4.69) is 0 Å². The van der Waals surface area contributed by atoms with Gasteiger partial charge in [0.15, 0.2) is 0 Å².